The van der Waals surface area contributed by atoms with Crippen LogP contribution < -0.4 is 0 Å². The predicted molar refractivity (Wildman–Crippen MR) is 50.2 cm³/mol. The van der Waals surface area contributed by atoms with Crippen molar-refractivity contribution >= 4 is 9.84 Å². The summed E-state index contributed by atoms with van der Waals surface area (Å²) >= 11 is 0. The lowest BCUT2D eigenvalue weighted by Gasteiger charge is -2.02. The number of nitrogens with zero attached hydrogens (tertiary/aromatic N) is 1. The molecule has 0 unspecified atom stereocenters. The van der Waals surface area contributed by atoms with Crippen LogP contribution in [0.4, 0.5) is 0 Å². The zero-order valence-corrected chi connectivity index (χ0v) is 8.37. The molecule has 0 heterocycles. The van der Waals surface area contributed by atoms with Gasteiger partial charge in [0.25, 0.3) is 0 Å². The lowest BCUT2D eigenvalue weighted by molar-refractivity contribution is 0.281. The standard InChI is InChI=1S/C9H9NO3S/c1-14(12,13)9-3-2-7(6-11)4-8(9)5-10/h2-4,11H,6H2,1H3. The summed E-state index contributed by atoms with van der Waals surface area (Å²) in [5.41, 5.74) is 0.591. The summed E-state index contributed by atoms with van der Waals surface area (Å²) < 4.78 is 22.4. The van der Waals surface area contributed by atoms with E-state index in [1.54, 1.807) is 6.07 Å². The van der Waals surface area contributed by atoms with E-state index in [4.69, 9.17) is 10.4 Å². The van der Waals surface area contributed by atoms with Gasteiger partial charge >= 0.3 is 0 Å². The number of nitriles is 1. The molecule has 0 aliphatic rings. The van der Waals surface area contributed by atoms with Gasteiger partial charge in [-0.2, -0.15) is 5.26 Å². The first kappa shape index (κ1) is 10.7. The van der Waals surface area contributed by atoms with Crippen molar-refractivity contribution in [2.75, 3.05) is 6.26 Å². The molecule has 0 aliphatic heterocycles. The first-order valence-electron chi connectivity index (χ1n) is 3.83. The van der Waals surface area contributed by atoms with Gasteiger partial charge < -0.3 is 5.11 Å². The summed E-state index contributed by atoms with van der Waals surface area (Å²) in [6.07, 6.45) is 1.04. The Morgan fingerprint density at radius 1 is 1.50 bits per heavy atom. The molecule has 0 radical (unpaired) electrons. The van der Waals surface area contributed by atoms with Crippen LogP contribution in [0.5, 0.6) is 0 Å². The maximum Gasteiger partial charge on any atom is 0.176 e. The van der Waals surface area contributed by atoms with Crippen molar-refractivity contribution in [3.05, 3.63) is 29.3 Å². The molecule has 0 aromatic heterocycles. The van der Waals surface area contributed by atoms with Gasteiger partial charge in [-0.3, -0.25) is 0 Å². The Morgan fingerprint density at radius 3 is 2.57 bits per heavy atom. The van der Waals surface area contributed by atoms with E-state index in [2.05, 4.69) is 0 Å². The molecule has 0 saturated heterocycles. The van der Waals surface area contributed by atoms with E-state index < -0.39 is 9.84 Å². The number of hydrogen-bond donors (Lipinski definition) is 1. The average Bonchev–Trinajstić information content (AvgIpc) is 2.15. The first-order valence-corrected chi connectivity index (χ1v) is 5.72. The molecule has 1 aromatic carbocycles. The predicted octanol–water partition coefficient (Wildman–Crippen LogP) is 0.454. The third-order valence-corrected chi connectivity index (χ3v) is 2.90. The molecule has 1 rings (SSSR count). The van der Waals surface area contributed by atoms with E-state index in [-0.39, 0.29) is 17.1 Å². The van der Waals surface area contributed by atoms with Crippen LogP contribution >= 0.6 is 0 Å². The highest BCUT2D eigenvalue weighted by atomic mass is 32.2. The number of rotatable bonds is 2. The maximum absolute atomic E-state index is 11.2. The van der Waals surface area contributed by atoms with Crippen molar-refractivity contribution in [1.29, 1.82) is 5.26 Å². The normalized spacial score (nSPS) is 10.9. The molecule has 0 amide bonds. The zero-order chi connectivity index (χ0) is 10.8. The molecule has 0 spiro atoms. The molecule has 0 saturated carbocycles. The van der Waals surface area contributed by atoms with Gasteiger partial charge in [0.05, 0.1) is 17.1 Å². The van der Waals surface area contributed by atoms with Crippen LogP contribution in [-0.4, -0.2) is 19.8 Å². The van der Waals surface area contributed by atoms with Crippen LogP contribution in [0.25, 0.3) is 0 Å². The summed E-state index contributed by atoms with van der Waals surface area (Å²) in [7, 11) is -3.37. The smallest absolute Gasteiger partial charge is 0.176 e. The fraction of sp³-hybridized carbons (Fsp3) is 0.222. The molecule has 5 heteroatoms. The van der Waals surface area contributed by atoms with Crippen LogP contribution in [-0.2, 0) is 16.4 Å². The molecular formula is C9H9NO3S. The summed E-state index contributed by atoms with van der Waals surface area (Å²) in [6.45, 7) is -0.210. The van der Waals surface area contributed by atoms with Crippen LogP contribution in [0, 0.1) is 11.3 Å². The highest BCUT2D eigenvalue weighted by Crippen LogP contribution is 2.16. The van der Waals surface area contributed by atoms with Crippen LogP contribution in [0.15, 0.2) is 23.1 Å². The third-order valence-electron chi connectivity index (χ3n) is 1.75. The van der Waals surface area contributed by atoms with Gasteiger partial charge in [-0.1, -0.05) is 6.07 Å². The molecule has 0 fully saturated rings. The second-order valence-corrected chi connectivity index (χ2v) is 4.86. The van der Waals surface area contributed by atoms with E-state index in [9.17, 15) is 8.42 Å². The number of aliphatic hydroxyl groups excluding tert-OH is 1. The van der Waals surface area contributed by atoms with E-state index >= 15 is 0 Å². The minimum Gasteiger partial charge on any atom is -0.392 e. The molecule has 1 N–H and O–H groups in total. The summed E-state index contributed by atoms with van der Waals surface area (Å²) in [5.74, 6) is 0. The second-order valence-electron chi connectivity index (χ2n) is 2.87. The minimum atomic E-state index is -3.37. The summed E-state index contributed by atoms with van der Waals surface area (Å²) in [5, 5.41) is 17.5. The zero-order valence-electron chi connectivity index (χ0n) is 7.56. The Bertz CT molecular complexity index is 485. The molecule has 0 bridgehead atoms. The van der Waals surface area contributed by atoms with Gasteiger partial charge in [0.1, 0.15) is 6.07 Å². The van der Waals surface area contributed by atoms with Gasteiger partial charge in [0.15, 0.2) is 9.84 Å². The summed E-state index contributed by atoms with van der Waals surface area (Å²) in [4.78, 5) is -0.00259. The van der Waals surface area contributed by atoms with Crippen molar-refractivity contribution < 1.29 is 13.5 Å². The number of benzene rings is 1. The fourth-order valence-electron chi connectivity index (χ4n) is 1.09. The topological polar surface area (TPSA) is 78.2 Å². The Hall–Kier alpha value is -1.38. The van der Waals surface area contributed by atoms with Gasteiger partial charge in [-0.25, -0.2) is 8.42 Å². The highest BCUT2D eigenvalue weighted by Gasteiger charge is 2.12. The van der Waals surface area contributed by atoms with Crippen LogP contribution in [0.3, 0.4) is 0 Å². The Kier molecular flexibility index (Phi) is 2.89. The third kappa shape index (κ3) is 2.10. The Morgan fingerprint density at radius 2 is 2.14 bits per heavy atom. The Balaban J connectivity index is 3.43. The monoisotopic (exact) mass is 211 g/mol. The van der Waals surface area contributed by atoms with Crippen molar-refractivity contribution in [3.63, 3.8) is 0 Å². The molecule has 4 nitrogen and oxygen atoms in total. The molecule has 74 valence electrons. The molecule has 0 atom stereocenters. The SMILES string of the molecule is CS(=O)(=O)c1ccc(CO)cc1C#N. The van der Waals surface area contributed by atoms with Crippen molar-refractivity contribution in [3.8, 4) is 6.07 Å². The van der Waals surface area contributed by atoms with Crippen molar-refractivity contribution in [2.45, 2.75) is 11.5 Å². The molecule has 0 aliphatic carbocycles. The minimum absolute atomic E-state index is 0.00259. The number of sulfone groups is 1. The van der Waals surface area contributed by atoms with Gasteiger partial charge in [0, 0.05) is 6.26 Å². The second kappa shape index (κ2) is 3.78. The summed E-state index contributed by atoms with van der Waals surface area (Å²) in [6, 6.07) is 5.97. The van der Waals surface area contributed by atoms with Crippen molar-refractivity contribution in [1.82, 2.24) is 0 Å². The number of hydrogen-bond acceptors (Lipinski definition) is 4. The quantitative estimate of drug-likeness (QED) is 0.770. The van der Waals surface area contributed by atoms with Crippen molar-refractivity contribution in [2.24, 2.45) is 0 Å². The first-order chi connectivity index (χ1) is 6.49. The van der Waals surface area contributed by atoms with Crippen LogP contribution in [0.2, 0.25) is 0 Å². The van der Waals surface area contributed by atoms with E-state index in [1.165, 1.54) is 18.2 Å². The lowest BCUT2D eigenvalue weighted by atomic mass is 10.1. The number of aliphatic hydroxyl groups is 1. The van der Waals surface area contributed by atoms with Gasteiger partial charge in [-0.15, -0.1) is 0 Å². The largest absolute Gasteiger partial charge is 0.392 e. The van der Waals surface area contributed by atoms with Gasteiger partial charge in [0.2, 0.25) is 0 Å². The van der Waals surface area contributed by atoms with E-state index in [1.807, 2.05) is 0 Å². The van der Waals surface area contributed by atoms with Gasteiger partial charge in [-0.05, 0) is 17.7 Å². The highest BCUT2D eigenvalue weighted by molar-refractivity contribution is 7.90. The lowest BCUT2D eigenvalue weighted by Crippen LogP contribution is -2.01. The fourth-order valence-corrected chi connectivity index (χ4v) is 1.91. The maximum atomic E-state index is 11.2. The molecular weight excluding hydrogens is 202 g/mol. The molecule has 14 heavy (non-hydrogen) atoms. The Labute approximate surface area is 82.3 Å². The molecule has 1 aromatic rings. The van der Waals surface area contributed by atoms with E-state index in [0.29, 0.717) is 5.56 Å². The van der Waals surface area contributed by atoms with Crippen LogP contribution in [0.1, 0.15) is 11.1 Å². The average molecular weight is 211 g/mol. The van der Waals surface area contributed by atoms with E-state index in [0.717, 1.165) is 6.26 Å².